The van der Waals surface area contributed by atoms with Gasteiger partial charge in [0.2, 0.25) is 0 Å². The summed E-state index contributed by atoms with van der Waals surface area (Å²) in [6.45, 7) is 5.16. The minimum Gasteiger partial charge on any atom is -0.480 e. The molecule has 1 saturated heterocycles. The lowest BCUT2D eigenvalue weighted by molar-refractivity contribution is -0.142. The normalized spacial score (nSPS) is 21.6. The van der Waals surface area contributed by atoms with Crippen molar-refractivity contribution in [3.8, 4) is 0 Å². The third-order valence-corrected chi connectivity index (χ3v) is 4.09. The summed E-state index contributed by atoms with van der Waals surface area (Å²) < 4.78 is 5.10. The van der Waals surface area contributed by atoms with E-state index < -0.39 is 12.0 Å². The SMILES string of the molecule is Cc1noc(C)c1CN1CCSCC1C(=O)O. The third kappa shape index (κ3) is 2.63. The van der Waals surface area contributed by atoms with Gasteiger partial charge in [-0.05, 0) is 13.8 Å². The number of aliphatic carboxylic acids is 1. The Bertz CT molecular complexity index is 399. The molecule has 1 aliphatic rings. The molecular formula is C11H16N2O3S. The summed E-state index contributed by atoms with van der Waals surface area (Å²) in [5, 5.41) is 13.1. The average molecular weight is 256 g/mol. The van der Waals surface area contributed by atoms with Crippen LogP contribution < -0.4 is 0 Å². The molecule has 1 aliphatic heterocycles. The van der Waals surface area contributed by atoms with E-state index in [0.29, 0.717) is 12.3 Å². The van der Waals surface area contributed by atoms with E-state index in [4.69, 9.17) is 4.52 Å². The van der Waals surface area contributed by atoms with Crippen molar-refractivity contribution in [2.75, 3.05) is 18.1 Å². The quantitative estimate of drug-likeness (QED) is 0.879. The van der Waals surface area contributed by atoms with Gasteiger partial charge in [0.15, 0.2) is 0 Å². The Kier molecular flexibility index (Phi) is 3.73. The van der Waals surface area contributed by atoms with Crippen molar-refractivity contribution in [3.05, 3.63) is 17.0 Å². The van der Waals surface area contributed by atoms with Gasteiger partial charge in [-0.15, -0.1) is 0 Å². The van der Waals surface area contributed by atoms with E-state index in [0.717, 1.165) is 29.3 Å². The van der Waals surface area contributed by atoms with Crippen LogP contribution in [0, 0.1) is 13.8 Å². The summed E-state index contributed by atoms with van der Waals surface area (Å²) in [7, 11) is 0. The van der Waals surface area contributed by atoms with Crippen LogP contribution >= 0.6 is 11.8 Å². The lowest BCUT2D eigenvalue weighted by Gasteiger charge is -2.32. The van der Waals surface area contributed by atoms with Crippen molar-refractivity contribution in [1.82, 2.24) is 10.1 Å². The van der Waals surface area contributed by atoms with Crippen LogP contribution in [0.3, 0.4) is 0 Å². The Balaban J connectivity index is 2.13. The van der Waals surface area contributed by atoms with Crippen molar-refractivity contribution in [2.45, 2.75) is 26.4 Å². The Hall–Kier alpha value is -1.01. The molecule has 1 aromatic heterocycles. The minimum atomic E-state index is -0.746. The van der Waals surface area contributed by atoms with E-state index in [1.54, 1.807) is 11.8 Å². The lowest BCUT2D eigenvalue weighted by Crippen LogP contribution is -2.46. The van der Waals surface area contributed by atoms with Gasteiger partial charge in [0.25, 0.3) is 0 Å². The number of hydrogen-bond donors (Lipinski definition) is 1. The summed E-state index contributed by atoms with van der Waals surface area (Å²) in [4.78, 5) is 13.2. The van der Waals surface area contributed by atoms with Gasteiger partial charge in [0.05, 0.1) is 5.69 Å². The zero-order valence-corrected chi connectivity index (χ0v) is 10.8. The van der Waals surface area contributed by atoms with Gasteiger partial charge >= 0.3 is 5.97 Å². The smallest absolute Gasteiger partial charge is 0.321 e. The predicted molar refractivity (Wildman–Crippen MR) is 65.1 cm³/mol. The second kappa shape index (κ2) is 5.10. The first-order chi connectivity index (χ1) is 8.09. The predicted octanol–water partition coefficient (Wildman–Crippen LogP) is 1.29. The molecule has 2 rings (SSSR count). The molecule has 1 atom stereocenters. The number of nitrogens with zero attached hydrogens (tertiary/aromatic N) is 2. The monoisotopic (exact) mass is 256 g/mol. The van der Waals surface area contributed by atoms with Crippen molar-refractivity contribution < 1.29 is 14.4 Å². The van der Waals surface area contributed by atoms with Gasteiger partial charge in [-0.1, -0.05) is 5.16 Å². The minimum absolute atomic E-state index is 0.401. The van der Waals surface area contributed by atoms with E-state index >= 15 is 0 Å². The Morgan fingerprint density at radius 3 is 3.00 bits per heavy atom. The number of thioether (sulfide) groups is 1. The van der Waals surface area contributed by atoms with Crippen LogP contribution in [0.25, 0.3) is 0 Å². The number of aromatic nitrogens is 1. The van der Waals surface area contributed by atoms with E-state index in [9.17, 15) is 9.90 Å². The Morgan fingerprint density at radius 2 is 2.41 bits per heavy atom. The molecule has 1 unspecified atom stereocenters. The van der Waals surface area contributed by atoms with Crippen LogP contribution in [0.1, 0.15) is 17.0 Å². The topological polar surface area (TPSA) is 66.6 Å². The molecule has 0 amide bonds. The first kappa shape index (κ1) is 12.4. The maximum Gasteiger partial charge on any atom is 0.321 e. The van der Waals surface area contributed by atoms with Gasteiger partial charge in [-0.25, -0.2) is 0 Å². The highest BCUT2D eigenvalue weighted by Crippen LogP contribution is 2.22. The number of hydrogen-bond acceptors (Lipinski definition) is 5. The molecule has 1 N–H and O–H groups in total. The molecule has 0 aromatic carbocycles. The van der Waals surface area contributed by atoms with Crippen molar-refractivity contribution in [3.63, 3.8) is 0 Å². The highest BCUT2D eigenvalue weighted by molar-refractivity contribution is 7.99. The fraction of sp³-hybridized carbons (Fsp3) is 0.636. The summed E-state index contributed by atoms with van der Waals surface area (Å²) in [6.07, 6.45) is 0. The van der Waals surface area contributed by atoms with E-state index in [2.05, 4.69) is 5.16 Å². The van der Waals surface area contributed by atoms with Gasteiger partial charge in [-0.2, -0.15) is 11.8 Å². The zero-order chi connectivity index (χ0) is 12.4. The molecule has 1 aromatic rings. The lowest BCUT2D eigenvalue weighted by atomic mass is 10.1. The van der Waals surface area contributed by atoms with E-state index in [-0.39, 0.29) is 0 Å². The Morgan fingerprint density at radius 1 is 1.65 bits per heavy atom. The van der Waals surface area contributed by atoms with E-state index in [1.807, 2.05) is 18.7 Å². The molecule has 94 valence electrons. The molecule has 2 heterocycles. The third-order valence-electron chi connectivity index (χ3n) is 3.07. The molecular weight excluding hydrogens is 240 g/mol. The first-order valence-electron chi connectivity index (χ1n) is 5.56. The van der Waals surface area contributed by atoms with Crippen LogP contribution in [-0.2, 0) is 11.3 Å². The van der Waals surface area contributed by atoms with Crippen molar-refractivity contribution >= 4 is 17.7 Å². The summed E-state index contributed by atoms with van der Waals surface area (Å²) in [6, 6.07) is -0.401. The first-order valence-corrected chi connectivity index (χ1v) is 6.71. The fourth-order valence-corrected chi connectivity index (χ4v) is 3.09. The number of carbonyl (C=O) groups is 1. The molecule has 6 heteroatoms. The largest absolute Gasteiger partial charge is 0.480 e. The van der Waals surface area contributed by atoms with Gasteiger partial charge in [0, 0.05) is 30.2 Å². The van der Waals surface area contributed by atoms with Crippen LogP contribution in [0.4, 0.5) is 0 Å². The molecule has 0 spiro atoms. The summed E-state index contributed by atoms with van der Waals surface area (Å²) in [5.74, 6) is 1.67. The number of rotatable bonds is 3. The van der Waals surface area contributed by atoms with Gasteiger partial charge in [-0.3, -0.25) is 9.69 Å². The fourth-order valence-electron chi connectivity index (χ4n) is 1.99. The maximum atomic E-state index is 11.2. The Labute approximate surface area is 104 Å². The second-order valence-corrected chi connectivity index (χ2v) is 5.35. The maximum absolute atomic E-state index is 11.2. The van der Waals surface area contributed by atoms with Crippen molar-refractivity contribution in [1.29, 1.82) is 0 Å². The molecule has 1 fully saturated rings. The van der Waals surface area contributed by atoms with Gasteiger partial charge in [0.1, 0.15) is 11.8 Å². The molecule has 17 heavy (non-hydrogen) atoms. The highest BCUT2D eigenvalue weighted by Gasteiger charge is 2.29. The molecule has 0 saturated carbocycles. The molecule has 0 bridgehead atoms. The van der Waals surface area contributed by atoms with Crippen LogP contribution in [0.5, 0.6) is 0 Å². The average Bonchev–Trinajstić information content (AvgIpc) is 2.61. The second-order valence-electron chi connectivity index (χ2n) is 4.20. The standard InChI is InChI=1S/C11H16N2O3S/c1-7-9(8(2)16-12-7)5-13-3-4-17-6-10(13)11(14)15/h10H,3-6H2,1-2H3,(H,14,15). The van der Waals surface area contributed by atoms with Crippen molar-refractivity contribution in [2.24, 2.45) is 0 Å². The van der Waals surface area contributed by atoms with Crippen LogP contribution in [-0.4, -0.2) is 45.2 Å². The number of carboxylic acid groups (broad SMARTS) is 1. The zero-order valence-electron chi connectivity index (χ0n) is 9.97. The van der Waals surface area contributed by atoms with Crippen LogP contribution in [0.15, 0.2) is 4.52 Å². The molecule has 0 aliphatic carbocycles. The number of aryl methyl sites for hydroxylation is 2. The highest BCUT2D eigenvalue weighted by atomic mass is 32.2. The summed E-state index contributed by atoms with van der Waals surface area (Å²) >= 11 is 1.69. The van der Waals surface area contributed by atoms with Crippen LogP contribution in [0.2, 0.25) is 0 Å². The summed E-state index contributed by atoms with van der Waals surface area (Å²) in [5.41, 5.74) is 1.87. The molecule has 5 nitrogen and oxygen atoms in total. The van der Waals surface area contributed by atoms with Gasteiger partial charge < -0.3 is 9.63 Å². The van der Waals surface area contributed by atoms with E-state index in [1.165, 1.54) is 0 Å². The number of carboxylic acids is 1. The molecule has 0 radical (unpaired) electrons.